The van der Waals surface area contributed by atoms with Crippen molar-refractivity contribution in [2.75, 3.05) is 5.43 Å². The van der Waals surface area contributed by atoms with Crippen molar-refractivity contribution in [2.24, 2.45) is 11.8 Å². The van der Waals surface area contributed by atoms with Crippen molar-refractivity contribution < 1.29 is 8.42 Å². The maximum absolute atomic E-state index is 12.1. The third-order valence-electron chi connectivity index (χ3n) is 3.03. The summed E-state index contributed by atoms with van der Waals surface area (Å²) in [5.74, 6) is 5.91. The zero-order valence-corrected chi connectivity index (χ0v) is 10.5. The van der Waals surface area contributed by atoms with Crippen LogP contribution < -0.4 is 16.0 Å². The van der Waals surface area contributed by atoms with Crippen molar-refractivity contribution in [2.45, 2.75) is 30.7 Å². The average Bonchev–Trinajstić information content (AvgIpc) is 2.26. The summed E-state index contributed by atoms with van der Waals surface area (Å²) in [4.78, 5) is 0.196. The minimum absolute atomic E-state index is 0.0563. The van der Waals surface area contributed by atoms with Crippen LogP contribution in [0.25, 0.3) is 0 Å². The molecule has 2 rings (SSSR count). The predicted octanol–water partition coefficient (Wildman–Crippen LogP) is 1.05. The van der Waals surface area contributed by atoms with Gasteiger partial charge in [0.25, 0.3) is 0 Å². The molecular weight excluding hydrogens is 238 g/mol. The maximum Gasteiger partial charge on any atom is 0.242 e. The molecule has 0 amide bonds. The van der Waals surface area contributed by atoms with Crippen LogP contribution in [0.5, 0.6) is 0 Å². The average molecular weight is 255 g/mol. The van der Waals surface area contributed by atoms with Crippen molar-refractivity contribution in [3.8, 4) is 0 Å². The lowest BCUT2D eigenvalue weighted by atomic mass is 9.83. The SMILES string of the molecule is CC1CC(NS(=O)(=O)c2ccccc2NN)C1. The molecule has 0 radical (unpaired) electrons. The van der Waals surface area contributed by atoms with Gasteiger partial charge in [0, 0.05) is 6.04 Å². The van der Waals surface area contributed by atoms with E-state index in [9.17, 15) is 8.42 Å². The monoisotopic (exact) mass is 255 g/mol. The van der Waals surface area contributed by atoms with E-state index in [-0.39, 0.29) is 10.9 Å². The Hall–Kier alpha value is -1.11. The summed E-state index contributed by atoms with van der Waals surface area (Å²) < 4.78 is 26.9. The number of nitrogens with one attached hydrogen (secondary N) is 2. The van der Waals surface area contributed by atoms with Gasteiger partial charge in [0.1, 0.15) is 4.90 Å². The Morgan fingerprint density at radius 1 is 1.29 bits per heavy atom. The molecule has 94 valence electrons. The van der Waals surface area contributed by atoms with Gasteiger partial charge < -0.3 is 5.43 Å². The fourth-order valence-corrected chi connectivity index (χ4v) is 3.53. The molecule has 0 aromatic heterocycles. The molecule has 0 heterocycles. The second kappa shape index (κ2) is 4.64. The second-order valence-corrected chi connectivity index (χ2v) is 6.22. The highest BCUT2D eigenvalue weighted by atomic mass is 32.2. The number of sulfonamides is 1. The first-order chi connectivity index (χ1) is 8.03. The van der Waals surface area contributed by atoms with Crippen LogP contribution in [0.15, 0.2) is 29.2 Å². The normalized spacial score (nSPS) is 24.1. The number of benzene rings is 1. The van der Waals surface area contributed by atoms with E-state index >= 15 is 0 Å². The third-order valence-corrected chi connectivity index (χ3v) is 4.61. The molecule has 1 fully saturated rings. The summed E-state index contributed by atoms with van der Waals surface area (Å²) in [7, 11) is -3.48. The number of nitrogen functional groups attached to an aromatic ring is 1. The van der Waals surface area contributed by atoms with E-state index in [0.717, 1.165) is 12.8 Å². The number of nitrogens with two attached hydrogens (primary N) is 1. The zero-order valence-electron chi connectivity index (χ0n) is 9.68. The van der Waals surface area contributed by atoms with Gasteiger partial charge in [-0.2, -0.15) is 0 Å². The number of hydrogen-bond donors (Lipinski definition) is 3. The van der Waals surface area contributed by atoms with E-state index in [0.29, 0.717) is 11.6 Å². The highest BCUT2D eigenvalue weighted by Gasteiger charge is 2.30. The number of hydrazine groups is 1. The molecule has 1 aliphatic carbocycles. The summed E-state index contributed by atoms with van der Waals surface area (Å²) >= 11 is 0. The van der Waals surface area contributed by atoms with Crippen molar-refractivity contribution in [3.63, 3.8) is 0 Å². The van der Waals surface area contributed by atoms with Crippen molar-refractivity contribution in [1.82, 2.24) is 4.72 Å². The second-order valence-electron chi connectivity index (χ2n) is 4.54. The van der Waals surface area contributed by atoms with Gasteiger partial charge in [-0.25, -0.2) is 13.1 Å². The Kier molecular flexibility index (Phi) is 3.37. The lowest BCUT2D eigenvalue weighted by molar-refractivity contribution is 0.270. The molecule has 5 nitrogen and oxygen atoms in total. The first-order valence-corrected chi connectivity index (χ1v) is 7.09. The number of rotatable bonds is 4. The first kappa shape index (κ1) is 12.3. The standard InChI is InChI=1S/C11H17N3O2S/c1-8-6-9(7-8)14-17(15,16)11-5-3-2-4-10(11)13-12/h2-5,8-9,13-14H,6-7,12H2,1H3. The van der Waals surface area contributed by atoms with Gasteiger partial charge in [-0.1, -0.05) is 19.1 Å². The topological polar surface area (TPSA) is 84.2 Å². The van der Waals surface area contributed by atoms with Gasteiger partial charge >= 0.3 is 0 Å². The smallest absolute Gasteiger partial charge is 0.242 e. The molecule has 0 bridgehead atoms. The Morgan fingerprint density at radius 3 is 2.53 bits per heavy atom. The van der Waals surface area contributed by atoms with E-state index in [1.165, 1.54) is 0 Å². The van der Waals surface area contributed by atoms with Gasteiger partial charge in [-0.3, -0.25) is 5.84 Å². The number of hydrogen-bond acceptors (Lipinski definition) is 4. The molecule has 0 saturated heterocycles. The van der Waals surface area contributed by atoms with Crippen molar-refractivity contribution in [1.29, 1.82) is 0 Å². The largest absolute Gasteiger partial charge is 0.323 e. The molecule has 0 aliphatic heterocycles. The van der Waals surface area contributed by atoms with Crippen LogP contribution in [-0.4, -0.2) is 14.5 Å². The van der Waals surface area contributed by atoms with Gasteiger partial charge in [-0.05, 0) is 30.9 Å². The number of para-hydroxylation sites is 1. The molecule has 0 atom stereocenters. The summed E-state index contributed by atoms with van der Waals surface area (Å²) in [5.41, 5.74) is 2.81. The molecule has 0 spiro atoms. The molecule has 1 aromatic rings. The highest BCUT2D eigenvalue weighted by Crippen LogP contribution is 2.29. The molecule has 1 saturated carbocycles. The lowest BCUT2D eigenvalue weighted by Gasteiger charge is -2.33. The fraction of sp³-hybridized carbons (Fsp3) is 0.455. The summed E-state index contributed by atoms with van der Waals surface area (Å²) in [6.07, 6.45) is 1.80. The van der Waals surface area contributed by atoms with Gasteiger partial charge in [0.15, 0.2) is 0 Å². The van der Waals surface area contributed by atoms with Crippen LogP contribution in [0, 0.1) is 5.92 Å². The Labute approximate surface area is 101 Å². The molecule has 4 N–H and O–H groups in total. The molecule has 1 aromatic carbocycles. The summed E-state index contributed by atoms with van der Waals surface area (Å²) in [6.45, 7) is 2.11. The molecule has 0 unspecified atom stereocenters. The van der Waals surface area contributed by atoms with Crippen LogP contribution in [-0.2, 0) is 10.0 Å². The van der Waals surface area contributed by atoms with Crippen molar-refractivity contribution >= 4 is 15.7 Å². The lowest BCUT2D eigenvalue weighted by Crippen LogP contribution is -2.43. The molecule has 6 heteroatoms. The summed E-state index contributed by atoms with van der Waals surface area (Å²) in [5, 5.41) is 0. The van der Waals surface area contributed by atoms with E-state index in [1.807, 2.05) is 0 Å². The maximum atomic E-state index is 12.1. The quantitative estimate of drug-likeness (QED) is 0.554. The van der Waals surface area contributed by atoms with E-state index in [4.69, 9.17) is 5.84 Å². The van der Waals surface area contributed by atoms with Crippen LogP contribution in [0.4, 0.5) is 5.69 Å². The van der Waals surface area contributed by atoms with Gasteiger partial charge in [-0.15, -0.1) is 0 Å². The highest BCUT2D eigenvalue weighted by molar-refractivity contribution is 7.89. The third kappa shape index (κ3) is 2.59. The van der Waals surface area contributed by atoms with Gasteiger partial charge in [0.05, 0.1) is 5.69 Å². The molecular formula is C11H17N3O2S. The van der Waals surface area contributed by atoms with Crippen LogP contribution in [0.2, 0.25) is 0 Å². The first-order valence-electron chi connectivity index (χ1n) is 5.61. The van der Waals surface area contributed by atoms with E-state index in [2.05, 4.69) is 17.1 Å². The van der Waals surface area contributed by atoms with E-state index in [1.54, 1.807) is 24.3 Å². The Bertz CT molecular complexity index is 495. The Morgan fingerprint density at radius 2 is 1.94 bits per heavy atom. The molecule has 17 heavy (non-hydrogen) atoms. The number of anilines is 1. The minimum Gasteiger partial charge on any atom is -0.323 e. The molecule has 1 aliphatic rings. The van der Waals surface area contributed by atoms with Crippen LogP contribution >= 0.6 is 0 Å². The van der Waals surface area contributed by atoms with Crippen LogP contribution in [0.1, 0.15) is 19.8 Å². The van der Waals surface area contributed by atoms with Crippen LogP contribution in [0.3, 0.4) is 0 Å². The van der Waals surface area contributed by atoms with Gasteiger partial charge in [0.2, 0.25) is 10.0 Å². The van der Waals surface area contributed by atoms with E-state index < -0.39 is 10.0 Å². The predicted molar refractivity (Wildman–Crippen MR) is 66.8 cm³/mol. The summed E-state index contributed by atoms with van der Waals surface area (Å²) in [6, 6.07) is 6.65. The van der Waals surface area contributed by atoms with Crippen molar-refractivity contribution in [3.05, 3.63) is 24.3 Å². The fourth-order valence-electron chi connectivity index (χ4n) is 2.10. The Balaban J connectivity index is 2.19. The minimum atomic E-state index is -3.48. The zero-order chi connectivity index (χ0) is 12.5.